The first-order chi connectivity index (χ1) is 12.3. The molecular weight excluding hydrogens is 368 g/mol. The van der Waals surface area contributed by atoms with E-state index in [1.165, 1.54) is 11.8 Å². The van der Waals surface area contributed by atoms with Crippen molar-refractivity contribution in [2.24, 2.45) is 0 Å². The maximum Gasteiger partial charge on any atom is 0.296 e. The first kappa shape index (κ1) is 20.4. The van der Waals surface area contributed by atoms with Crippen LogP contribution in [-0.2, 0) is 19.1 Å². The molecular formula is C20H22O4S2. The van der Waals surface area contributed by atoms with Gasteiger partial charge in [0.2, 0.25) is 0 Å². The van der Waals surface area contributed by atoms with Crippen molar-refractivity contribution in [2.75, 3.05) is 12.4 Å². The summed E-state index contributed by atoms with van der Waals surface area (Å²) in [5, 5.41) is 0. The highest BCUT2D eigenvalue weighted by molar-refractivity contribution is 7.99. The van der Waals surface area contributed by atoms with E-state index in [-0.39, 0.29) is 23.2 Å². The summed E-state index contributed by atoms with van der Waals surface area (Å²) in [5.41, 5.74) is 1.89. The minimum absolute atomic E-state index is 0.0510. The highest BCUT2D eigenvalue weighted by Crippen LogP contribution is 2.24. The van der Waals surface area contributed by atoms with Gasteiger partial charge in [-0.05, 0) is 43.7 Å². The number of allylic oxidation sites excluding steroid dienone is 1. The van der Waals surface area contributed by atoms with E-state index in [0.717, 1.165) is 16.0 Å². The van der Waals surface area contributed by atoms with Crippen LogP contribution in [0.2, 0.25) is 0 Å². The lowest BCUT2D eigenvalue weighted by molar-refractivity contribution is -0.117. The number of hydrogen-bond donors (Lipinski definition) is 0. The van der Waals surface area contributed by atoms with Gasteiger partial charge in [-0.2, -0.15) is 8.42 Å². The number of aryl methyl sites for hydroxylation is 1. The zero-order chi connectivity index (χ0) is 19.2. The molecule has 0 spiro atoms. The number of thioether (sulfide) groups is 1. The predicted molar refractivity (Wildman–Crippen MR) is 105 cm³/mol. The van der Waals surface area contributed by atoms with Gasteiger partial charge >= 0.3 is 0 Å². The summed E-state index contributed by atoms with van der Waals surface area (Å²) in [6.45, 7) is 7.22. The summed E-state index contributed by atoms with van der Waals surface area (Å²) in [6.07, 6.45) is 1.63. The smallest absolute Gasteiger partial charge is 0.296 e. The van der Waals surface area contributed by atoms with Crippen LogP contribution in [0.4, 0.5) is 0 Å². The molecule has 2 aromatic rings. The first-order valence-corrected chi connectivity index (χ1v) is 10.5. The van der Waals surface area contributed by atoms with Crippen LogP contribution < -0.4 is 0 Å². The van der Waals surface area contributed by atoms with Crippen molar-refractivity contribution in [2.45, 2.75) is 29.6 Å². The van der Waals surface area contributed by atoms with Crippen molar-refractivity contribution < 1.29 is 17.4 Å². The van der Waals surface area contributed by atoms with Crippen LogP contribution in [-0.4, -0.2) is 26.6 Å². The molecule has 0 heterocycles. The maximum absolute atomic E-state index is 12.1. The molecule has 0 radical (unpaired) electrons. The molecule has 0 fully saturated rings. The molecule has 0 saturated heterocycles. The molecule has 138 valence electrons. The van der Waals surface area contributed by atoms with E-state index in [1.54, 1.807) is 37.3 Å². The second-order valence-electron chi connectivity index (χ2n) is 5.83. The molecule has 1 unspecified atom stereocenters. The van der Waals surface area contributed by atoms with Gasteiger partial charge in [0.05, 0.1) is 17.4 Å². The maximum atomic E-state index is 12.1. The summed E-state index contributed by atoms with van der Waals surface area (Å²) in [6, 6.07) is 14.2. The van der Waals surface area contributed by atoms with Crippen molar-refractivity contribution in [3.63, 3.8) is 0 Å². The zero-order valence-electron chi connectivity index (χ0n) is 14.8. The second kappa shape index (κ2) is 9.16. The Labute approximate surface area is 159 Å². The molecule has 0 aromatic heterocycles. The molecule has 0 bridgehead atoms. The lowest BCUT2D eigenvalue weighted by Gasteiger charge is -2.10. The molecule has 0 saturated carbocycles. The lowest BCUT2D eigenvalue weighted by Crippen LogP contribution is -2.09. The Morgan fingerprint density at radius 2 is 1.77 bits per heavy atom. The fourth-order valence-corrected chi connectivity index (χ4v) is 4.13. The van der Waals surface area contributed by atoms with Gasteiger partial charge in [-0.1, -0.05) is 35.9 Å². The fraction of sp³-hybridized carbons (Fsp3) is 0.250. The molecule has 2 aromatic carbocycles. The summed E-state index contributed by atoms with van der Waals surface area (Å²) < 4.78 is 29.3. The van der Waals surface area contributed by atoms with Crippen molar-refractivity contribution in [3.05, 3.63) is 72.3 Å². The van der Waals surface area contributed by atoms with Crippen LogP contribution >= 0.6 is 11.8 Å². The van der Waals surface area contributed by atoms with Crippen molar-refractivity contribution in [1.29, 1.82) is 0 Å². The molecule has 2 rings (SSSR count). The number of ketones is 1. The van der Waals surface area contributed by atoms with Gasteiger partial charge in [-0.15, -0.1) is 18.3 Å². The van der Waals surface area contributed by atoms with Crippen LogP contribution in [0.3, 0.4) is 0 Å². The van der Waals surface area contributed by atoms with E-state index in [9.17, 15) is 13.2 Å². The van der Waals surface area contributed by atoms with Crippen LogP contribution in [0.15, 0.2) is 71.0 Å². The lowest BCUT2D eigenvalue weighted by atomic mass is 9.96. The van der Waals surface area contributed by atoms with Gasteiger partial charge in [0.15, 0.2) is 0 Å². The third-order valence-corrected chi connectivity index (χ3v) is 6.12. The first-order valence-electron chi connectivity index (χ1n) is 8.15. The molecule has 1 atom stereocenters. The molecule has 0 N–H and O–H groups in total. The summed E-state index contributed by atoms with van der Waals surface area (Å²) >= 11 is 1.49. The van der Waals surface area contributed by atoms with Crippen LogP contribution in [0.5, 0.6) is 0 Å². The quantitative estimate of drug-likeness (QED) is 0.276. The fourth-order valence-electron chi connectivity index (χ4n) is 2.38. The predicted octanol–water partition coefficient (Wildman–Crippen LogP) is 4.35. The Balaban J connectivity index is 1.87. The Bertz CT molecular complexity index is 854. The number of Topliss-reactive ketones (excluding diaryl/α,β-unsaturated/α-hetero) is 1. The number of benzene rings is 2. The van der Waals surface area contributed by atoms with Crippen molar-refractivity contribution in [3.8, 4) is 0 Å². The number of carbonyl (C=O) groups is 1. The van der Waals surface area contributed by atoms with E-state index < -0.39 is 10.1 Å². The van der Waals surface area contributed by atoms with Crippen LogP contribution in [0.25, 0.3) is 0 Å². The normalized spacial score (nSPS) is 12.5. The van der Waals surface area contributed by atoms with Crippen LogP contribution in [0.1, 0.15) is 24.0 Å². The molecule has 6 heteroatoms. The Kier molecular flexibility index (Phi) is 7.20. The third kappa shape index (κ3) is 5.56. The van der Waals surface area contributed by atoms with Gasteiger partial charge in [0.25, 0.3) is 10.1 Å². The number of carbonyl (C=O) groups excluding carboxylic acids is 1. The average Bonchev–Trinajstić information content (AvgIpc) is 2.60. The van der Waals surface area contributed by atoms with Crippen molar-refractivity contribution >= 4 is 27.7 Å². The van der Waals surface area contributed by atoms with Gasteiger partial charge in [0, 0.05) is 10.6 Å². The SMILES string of the molecule is C=CC(C(C)=O)c1ccc(SCCOS(=O)(=O)c2ccc(C)cc2)cc1. The second-order valence-corrected chi connectivity index (χ2v) is 8.61. The summed E-state index contributed by atoms with van der Waals surface area (Å²) in [4.78, 5) is 12.7. The zero-order valence-corrected chi connectivity index (χ0v) is 16.5. The Morgan fingerprint density at radius 3 is 2.31 bits per heavy atom. The van der Waals surface area contributed by atoms with Gasteiger partial charge in [-0.25, -0.2) is 0 Å². The van der Waals surface area contributed by atoms with E-state index >= 15 is 0 Å². The Hall–Kier alpha value is -1.89. The summed E-state index contributed by atoms with van der Waals surface area (Å²) in [7, 11) is -3.72. The highest BCUT2D eigenvalue weighted by Gasteiger charge is 2.15. The van der Waals surface area contributed by atoms with E-state index in [2.05, 4.69) is 6.58 Å². The van der Waals surface area contributed by atoms with E-state index in [4.69, 9.17) is 4.18 Å². The standard InChI is InChI=1S/C20H22O4S2/c1-4-20(16(3)21)17-7-9-18(10-8-17)25-14-13-24-26(22,23)19-11-5-15(2)6-12-19/h4-12,20H,1,13-14H2,2-3H3. The number of hydrogen-bond acceptors (Lipinski definition) is 5. The number of rotatable bonds is 9. The molecule has 0 aliphatic rings. The average molecular weight is 391 g/mol. The molecule has 0 amide bonds. The topological polar surface area (TPSA) is 60.4 Å². The molecule has 4 nitrogen and oxygen atoms in total. The van der Waals surface area contributed by atoms with Crippen molar-refractivity contribution in [1.82, 2.24) is 0 Å². The molecule has 26 heavy (non-hydrogen) atoms. The molecule has 0 aliphatic heterocycles. The molecule has 0 aliphatic carbocycles. The third-order valence-electron chi connectivity index (χ3n) is 3.81. The highest BCUT2D eigenvalue weighted by atomic mass is 32.2. The minimum atomic E-state index is -3.72. The van der Waals surface area contributed by atoms with E-state index in [1.807, 2.05) is 31.2 Å². The minimum Gasteiger partial charge on any atom is -0.299 e. The van der Waals surface area contributed by atoms with Crippen LogP contribution in [0, 0.1) is 6.92 Å². The van der Waals surface area contributed by atoms with Gasteiger partial charge in [-0.3, -0.25) is 8.98 Å². The Morgan fingerprint density at radius 1 is 1.15 bits per heavy atom. The summed E-state index contributed by atoms with van der Waals surface area (Å²) in [5.74, 6) is 0.259. The van der Waals surface area contributed by atoms with Gasteiger partial charge < -0.3 is 0 Å². The monoisotopic (exact) mass is 390 g/mol. The van der Waals surface area contributed by atoms with Gasteiger partial charge in [0.1, 0.15) is 5.78 Å². The largest absolute Gasteiger partial charge is 0.299 e. The van der Waals surface area contributed by atoms with E-state index in [0.29, 0.717) is 5.75 Å².